The fourth-order valence-electron chi connectivity index (χ4n) is 0.659. The van der Waals surface area contributed by atoms with Gasteiger partial charge in [0.1, 0.15) is 0 Å². The van der Waals surface area contributed by atoms with Gasteiger partial charge in [-0.05, 0) is 19.4 Å². The van der Waals surface area contributed by atoms with E-state index in [1.807, 2.05) is 0 Å². The van der Waals surface area contributed by atoms with Gasteiger partial charge in [0.15, 0.2) is 0 Å². The molecule has 0 aliphatic rings. The van der Waals surface area contributed by atoms with Crippen molar-refractivity contribution in [1.29, 1.82) is 0 Å². The molecule has 3 nitrogen and oxygen atoms in total. The van der Waals surface area contributed by atoms with Gasteiger partial charge >= 0.3 is 0 Å². The lowest BCUT2D eigenvalue weighted by atomic mass is 10.2. The first-order valence-electron chi connectivity index (χ1n) is 3.56. The molecule has 0 aromatic rings. The largest absolute Gasteiger partial charge is 0.389 e. The Bertz CT molecular complexity index is 93.6. The van der Waals surface area contributed by atoms with Crippen molar-refractivity contribution in [3.8, 4) is 0 Å². The molecule has 0 bridgehead atoms. The zero-order valence-electron chi connectivity index (χ0n) is 6.16. The highest BCUT2D eigenvalue weighted by atomic mass is 16.3. The Labute approximate surface area is 61.7 Å². The summed E-state index contributed by atoms with van der Waals surface area (Å²) in [6, 6.07) is 0. The number of aliphatic hydroxyl groups is 1. The van der Waals surface area contributed by atoms with Gasteiger partial charge in [-0.2, -0.15) is 0 Å². The predicted molar refractivity (Wildman–Crippen MR) is 42.5 cm³/mol. The second kappa shape index (κ2) is 6.74. The molecule has 5 N–H and O–H groups in total. The first-order valence-corrected chi connectivity index (χ1v) is 3.56. The summed E-state index contributed by atoms with van der Waals surface area (Å²) >= 11 is 0. The van der Waals surface area contributed by atoms with Crippen molar-refractivity contribution in [2.24, 2.45) is 11.5 Å². The Hall–Kier alpha value is -0.380. The lowest BCUT2D eigenvalue weighted by Crippen LogP contribution is -2.07. The van der Waals surface area contributed by atoms with Gasteiger partial charge in [-0.1, -0.05) is 12.2 Å². The Kier molecular flexibility index (Phi) is 6.48. The molecule has 1 unspecified atom stereocenters. The molecule has 0 heterocycles. The molecule has 1 atom stereocenters. The van der Waals surface area contributed by atoms with Crippen LogP contribution >= 0.6 is 0 Å². The van der Waals surface area contributed by atoms with Gasteiger partial charge in [-0.15, -0.1) is 0 Å². The smallest absolute Gasteiger partial charge is 0.0721 e. The van der Waals surface area contributed by atoms with Gasteiger partial charge in [0.25, 0.3) is 0 Å². The molecule has 0 aromatic heterocycles. The highest BCUT2D eigenvalue weighted by molar-refractivity contribution is 4.88. The average molecular weight is 144 g/mol. The van der Waals surface area contributed by atoms with Crippen LogP contribution < -0.4 is 11.5 Å². The number of aliphatic hydroxyl groups excluding tert-OH is 1. The summed E-state index contributed by atoms with van der Waals surface area (Å²) in [5.74, 6) is 0. The van der Waals surface area contributed by atoms with Gasteiger partial charge in [0.05, 0.1) is 6.10 Å². The third kappa shape index (κ3) is 5.75. The Morgan fingerprint density at radius 1 is 1.40 bits per heavy atom. The quantitative estimate of drug-likeness (QED) is 0.460. The van der Waals surface area contributed by atoms with E-state index in [-0.39, 0.29) is 6.10 Å². The molecule has 0 radical (unpaired) electrons. The number of rotatable bonds is 5. The lowest BCUT2D eigenvalue weighted by Gasteiger charge is -2.01. The SMILES string of the molecule is NCC=CC(O)CCCN. The molecule has 0 aliphatic carbocycles. The van der Waals surface area contributed by atoms with E-state index in [1.165, 1.54) is 0 Å². The molecule has 0 fully saturated rings. The van der Waals surface area contributed by atoms with Gasteiger partial charge in [-0.25, -0.2) is 0 Å². The number of nitrogens with two attached hydrogens (primary N) is 2. The number of hydrogen-bond donors (Lipinski definition) is 3. The third-order valence-corrected chi connectivity index (χ3v) is 1.20. The highest BCUT2D eigenvalue weighted by Gasteiger charge is 1.95. The molecular formula is C7H16N2O. The molecule has 0 saturated carbocycles. The van der Waals surface area contributed by atoms with Crippen LogP contribution in [0.25, 0.3) is 0 Å². The van der Waals surface area contributed by atoms with E-state index in [1.54, 1.807) is 12.2 Å². The second-order valence-electron chi connectivity index (χ2n) is 2.16. The zero-order valence-corrected chi connectivity index (χ0v) is 6.16. The van der Waals surface area contributed by atoms with Crippen molar-refractivity contribution in [3.63, 3.8) is 0 Å². The highest BCUT2D eigenvalue weighted by Crippen LogP contribution is 1.95. The van der Waals surface area contributed by atoms with Crippen LogP contribution in [0.15, 0.2) is 12.2 Å². The minimum atomic E-state index is -0.368. The van der Waals surface area contributed by atoms with Crippen LogP contribution in [0.3, 0.4) is 0 Å². The molecule has 3 heteroatoms. The van der Waals surface area contributed by atoms with Gasteiger partial charge in [0.2, 0.25) is 0 Å². The summed E-state index contributed by atoms with van der Waals surface area (Å²) in [5.41, 5.74) is 10.4. The second-order valence-corrected chi connectivity index (χ2v) is 2.16. The monoisotopic (exact) mass is 144 g/mol. The van der Waals surface area contributed by atoms with Crippen molar-refractivity contribution in [1.82, 2.24) is 0 Å². The summed E-state index contributed by atoms with van der Waals surface area (Å²) < 4.78 is 0. The van der Waals surface area contributed by atoms with Crippen LogP contribution in [0.5, 0.6) is 0 Å². The van der Waals surface area contributed by atoms with Crippen LogP contribution in [0.4, 0.5) is 0 Å². The molecule has 0 aliphatic heterocycles. The maximum absolute atomic E-state index is 9.11. The average Bonchev–Trinajstić information content (AvgIpc) is 1.97. The molecule has 60 valence electrons. The molecule has 0 amide bonds. The van der Waals surface area contributed by atoms with Crippen molar-refractivity contribution in [2.75, 3.05) is 13.1 Å². The lowest BCUT2D eigenvalue weighted by molar-refractivity contribution is 0.210. The molecular weight excluding hydrogens is 128 g/mol. The summed E-state index contributed by atoms with van der Waals surface area (Å²) in [4.78, 5) is 0. The molecule has 0 rings (SSSR count). The van der Waals surface area contributed by atoms with Crippen LogP contribution in [-0.4, -0.2) is 24.3 Å². The molecule has 10 heavy (non-hydrogen) atoms. The minimum absolute atomic E-state index is 0.368. The van der Waals surface area contributed by atoms with E-state index in [0.717, 1.165) is 12.8 Å². The standard InChI is InChI=1S/C7H16N2O/c8-5-1-3-7(10)4-2-6-9/h1,3,7,10H,2,4-6,8-9H2. The van der Waals surface area contributed by atoms with E-state index in [9.17, 15) is 0 Å². The van der Waals surface area contributed by atoms with Crippen molar-refractivity contribution >= 4 is 0 Å². The topological polar surface area (TPSA) is 72.3 Å². The fraction of sp³-hybridized carbons (Fsp3) is 0.714. The van der Waals surface area contributed by atoms with E-state index < -0.39 is 0 Å². The third-order valence-electron chi connectivity index (χ3n) is 1.20. The van der Waals surface area contributed by atoms with Gasteiger partial charge in [0, 0.05) is 6.54 Å². The van der Waals surface area contributed by atoms with E-state index >= 15 is 0 Å². The minimum Gasteiger partial charge on any atom is -0.389 e. The fourth-order valence-corrected chi connectivity index (χ4v) is 0.659. The molecule has 0 spiro atoms. The Morgan fingerprint density at radius 3 is 2.60 bits per heavy atom. The Morgan fingerprint density at radius 2 is 2.10 bits per heavy atom. The van der Waals surface area contributed by atoms with E-state index in [4.69, 9.17) is 16.6 Å². The first-order chi connectivity index (χ1) is 4.81. The van der Waals surface area contributed by atoms with Crippen molar-refractivity contribution in [2.45, 2.75) is 18.9 Å². The molecule has 0 aromatic carbocycles. The summed E-state index contributed by atoms with van der Waals surface area (Å²) in [6.45, 7) is 1.12. The van der Waals surface area contributed by atoms with Crippen LogP contribution in [0.1, 0.15) is 12.8 Å². The van der Waals surface area contributed by atoms with E-state index in [0.29, 0.717) is 13.1 Å². The molecule has 0 saturated heterocycles. The Balaban J connectivity index is 3.24. The normalized spacial score (nSPS) is 14.3. The van der Waals surface area contributed by atoms with Crippen molar-refractivity contribution < 1.29 is 5.11 Å². The van der Waals surface area contributed by atoms with Crippen LogP contribution in [0, 0.1) is 0 Å². The van der Waals surface area contributed by atoms with Crippen molar-refractivity contribution in [3.05, 3.63) is 12.2 Å². The van der Waals surface area contributed by atoms with Gasteiger partial charge in [-0.3, -0.25) is 0 Å². The summed E-state index contributed by atoms with van der Waals surface area (Å²) in [6.07, 6.45) is 4.67. The first kappa shape index (κ1) is 9.62. The zero-order chi connectivity index (χ0) is 7.82. The van der Waals surface area contributed by atoms with E-state index in [2.05, 4.69) is 0 Å². The van der Waals surface area contributed by atoms with Crippen LogP contribution in [0.2, 0.25) is 0 Å². The van der Waals surface area contributed by atoms with Crippen LogP contribution in [-0.2, 0) is 0 Å². The number of hydrogen-bond acceptors (Lipinski definition) is 3. The summed E-state index contributed by atoms with van der Waals surface area (Å²) in [7, 11) is 0. The summed E-state index contributed by atoms with van der Waals surface area (Å²) in [5, 5.41) is 9.11. The predicted octanol–water partition coefficient (Wildman–Crippen LogP) is -0.399. The maximum Gasteiger partial charge on any atom is 0.0721 e. The van der Waals surface area contributed by atoms with Gasteiger partial charge < -0.3 is 16.6 Å². The maximum atomic E-state index is 9.11.